The molecule has 3 aliphatic heterocycles. The summed E-state index contributed by atoms with van der Waals surface area (Å²) in [6.45, 7) is 1.39. The van der Waals surface area contributed by atoms with E-state index in [4.69, 9.17) is 12.2 Å². The second-order valence-corrected chi connectivity index (χ2v) is 13.4. The number of likely N-dealkylation sites (tertiary alicyclic amines) is 1. The number of thiophene rings is 1. The normalized spacial score (nSPS) is 26.0. The van der Waals surface area contributed by atoms with E-state index < -0.39 is 10.3 Å². The highest BCUT2D eigenvalue weighted by Crippen LogP contribution is 2.67. The van der Waals surface area contributed by atoms with Crippen molar-refractivity contribution in [1.82, 2.24) is 9.80 Å². The Bertz CT molecular complexity index is 1610. The van der Waals surface area contributed by atoms with E-state index in [0.717, 1.165) is 27.3 Å². The molecule has 0 aliphatic carbocycles. The molecule has 3 unspecified atom stereocenters. The number of nitrogens with zero attached hydrogens (tertiary/aromatic N) is 3. The minimum Gasteiger partial charge on any atom is -0.306 e. The van der Waals surface area contributed by atoms with Gasteiger partial charge in [0.2, 0.25) is 5.91 Å². The minimum atomic E-state index is -1.20. The van der Waals surface area contributed by atoms with Crippen molar-refractivity contribution in [3.05, 3.63) is 124 Å². The van der Waals surface area contributed by atoms with Gasteiger partial charge in [0.1, 0.15) is 9.07 Å². The van der Waals surface area contributed by atoms with Crippen LogP contribution in [0, 0.1) is 0 Å². The molecule has 1 aromatic heterocycles. The van der Waals surface area contributed by atoms with Gasteiger partial charge >= 0.3 is 0 Å². The fraction of sp³-hybridized carbons (Fsp3) is 0.219. The summed E-state index contributed by atoms with van der Waals surface area (Å²) in [5.41, 5.74) is 2.58. The molecule has 4 heterocycles. The van der Waals surface area contributed by atoms with E-state index in [2.05, 4.69) is 11.0 Å². The summed E-state index contributed by atoms with van der Waals surface area (Å²) in [5.74, 6) is -0.356. The SMILES string of the molecule is CN1CC(c2cccs2)C2(SC(=S)N(Cc3ccccc3)C2=O)C12C(=O)N(Cc1ccccc1)c1ccccc12. The Morgan fingerprint density at radius 1 is 0.800 bits per heavy atom. The molecule has 7 rings (SSSR count). The van der Waals surface area contributed by atoms with Crippen molar-refractivity contribution in [3.8, 4) is 0 Å². The van der Waals surface area contributed by atoms with E-state index in [1.165, 1.54) is 11.8 Å². The van der Waals surface area contributed by atoms with Gasteiger partial charge in [-0.1, -0.05) is 109 Å². The molecule has 2 saturated heterocycles. The maximum absolute atomic E-state index is 15.1. The molecular formula is C32H27N3O2S3. The van der Waals surface area contributed by atoms with Crippen LogP contribution < -0.4 is 4.90 Å². The van der Waals surface area contributed by atoms with Crippen molar-refractivity contribution in [3.63, 3.8) is 0 Å². The molecule has 200 valence electrons. The van der Waals surface area contributed by atoms with Gasteiger partial charge in [-0.3, -0.25) is 19.4 Å². The number of fused-ring (bicyclic) bond motifs is 3. The van der Waals surface area contributed by atoms with E-state index in [1.807, 2.05) is 108 Å². The Labute approximate surface area is 247 Å². The average molecular weight is 582 g/mol. The van der Waals surface area contributed by atoms with Crippen LogP contribution in [-0.4, -0.2) is 44.3 Å². The Morgan fingerprint density at radius 3 is 2.08 bits per heavy atom. The van der Waals surface area contributed by atoms with Crippen LogP contribution in [0.2, 0.25) is 0 Å². The second kappa shape index (κ2) is 9.66. The molecule has 3 atom stereocenters. The molecule has 8 heteroatoms. The summed E-state index contributed by atoms with van der Waals surface area (Å²) in [6.07, 6.45) is 0. The summed E-state index contributed by atoms with van der Waals surface area (Å²) in [5, 5.41) is 2.05. The number of hydrogen-bond donors (Lipinski definition) is 0. The third-order valence-electron chi connectivity index (χ3n) is 8.48. The first-order valence-electron chi connectivity index (χ1n) is 13.3. The topological polar surface area (TPSA) is 43.9 Å². The predicted molar refractivity (Wildman–Crippen MR) is 165 cm³/mol. The van der Waals surface area contributed by atoms with Gasteiger partial charge < -0.3 is 4.90 Å². The van der Waals surface area contributed by atoms with Gasteiger partial charge in [0.05, 0.1) is 13.1 Å². The Balaban J connectivity index is 1.43. The summed E-state index contributed by atoms with van der Waals surface area (Å²) in [7, 11) is 1.99. The van der Waals surface area contributed by atoms with Gasteiger partial charge in [-0.2, -0.15) is 0 Å². The molecule has 4 aromatic rings. The molecule has 2 amide bonds. The lowest BCUT2D eigenvalue weighted by Gasteiger charge is -2.42. The lowest BCUT2D eigenvalue weighted by atomic mass is 9.73. The van der Waals surface area contributed by atoms with Crippen LogP contribution in [0.15, 0.2) is 102 Å². The Hall–Kier alpha value is -3.30. The highest BCUT2D eigenvalue weighted by Gasteiger charge is 2.78. The molecule has 0 saturated carbocycles. The molecule has 0 radical (unpaired) electrons. The zero-order chi connectivity index (χ0) is 27.5. The van der Waals surface area contributed by atoms with Crippen molar-refractivity contribution in [2.24, 2.45) is 0 Å². The number of benzene rings is 3. The summed E-state index contributed by atoms with van der Waals surface area (Å²) in [6, 6.07) is 32.1. The summed E-state index contributed by atoms with van der Waals surface area (Å²) in [4.78, 5) is 36.9. The maximum Gasteiger partial charge on any atom is 0.254 e. The predicted octanol–water partition coefficient (Wildman–Crippen LogP) is 6.02. The molecule has 2 fully saturated rings. The molecule has 2 spiro atoms. The van der Waals surface area contributed by atoms with Crippen molar-refractivity contribution in [2.75, 3.05) is 18.5 Å². The molecule has 3 aromatic carbocycles. The Kier molecular flexibility index (Phi) is 6.20. The third kappa shape index (κ3) is 3.46. The first-order chi connectivity index (χ1) is 19.5. The van der Waals surface area contributed by atoms with Crippen LogP contribution in [0.25, 0.3) is 0 Å². The van der Waals surface area contributed by atoms with E-state index >= 15 is 9.59 Å². The van der Waals surface area contributed by atoms with Gasteiger partial charge in [0, 0.05) is 28.6 Å². The fourth-order valence-electron chi connectivity index (χ4n) is 6.81. The molecule has 0 bridgehead atoms. The lowest BCUT2D eigenvalue weighted by Crippen LogP contribution is -2.62. The molecule has 3 aliphatic rings. The lowest BCUT2D eigenvalue weighted by molar-refractivity contribution is -0.139. The molecule has 40 heavy (non-hydrogen) atoms. The highest BCUT2D eigenvalue weighted by atomic mass is 32.2. The number of likely N-dealkylation sites (N-methyl/N-ethyl adjacent to an activating group) is 1. The van der Waals surface area contributed by atoms with Crippen LogP contribution in [0.4, 0.5) is 5.69 Å². The second-order valence-electron chi connectivity index (χ2n) is 10.5. The minimum absolute atomic E-state index is 0.0654. The monoisotopic (exact) mass is 581 g/mol. The van der Waals surface area contributed by atoms with Crippen molar-refractivity contribution >= 4 is 57.1 Å². The van der Waals surface area contributed by atoms with E-state index in [1.54, 1.807) is 16.2 Å². The number of carbonyl (C=O) groups is 2. The number of amides is 2. The van der Waals surface area contributed by atoms with Crippen LogP contribution in [0.1, 0.15) is 27.5 Å². The van der Waals surface area contributed by atoms with Crippen molar-refractivity contribution in [2.45, 2.75) is 29.3 Å². The van der Waals surface area contributed by atoms with Crippen molar-refractivity contribution < 1.29 is 9.59 Å². The number of thioether (sulfide) groups is 1. The highest BCUT2D eigenvalue weighted by molar-refractivity contribution is 8.25. The number of thiocarbonyl (C=S) groups is 1. The van der Waals surface area contributed by atoms with Crippen LogP contribution in [0.5, 0.6) is 0 Å². The quantitative estimate of drug-likeness (QED) is 0.270. The van der Waals surface area contributed by atoms with E-state index in [9.17, 15) is 0 Å². The molecule has 5 nitrogen and oxygen atoms in total. The summed E-state index contributed by atoms with van der Waals surface area (Å²) >= 11 is 9.02. The zero-order valence-corrected chi connectivity index (χ0v) is 24.3. The maximum atomic E-state index is 15.1. The first kappa shape index (κ1) is 25.7. The zero-order valence-electron chi connectivity index (χ0n) is 21.9. The first-order valence-corrected chi connectivity index (χ1v) is 15.4. The molecular weight excluding hydrogens is 555 g/mol. The van der Waals surface area contributed by atoms with Crippen LogP contribution in [0.3, 0.4) is 0 Å². The number of rotatable bonds is 5. The van der Waals surface area contributed by atoms with Gasteiger partial charge in [0.15, 0.2) is 5.54 Å². The smallest absolute Gasteiger partial charge is 0.254 e. The van der Waals surface area contributed by atoms with Gasteiger partial charge in [-0.05, 0) is 35.7 Å². The number of anilines is 1. The Morgan fingerprint density at radius 2 is 1.43 bits per heavy atom. The fourth-order valence-corrected chi connectivity index (χ4v) is 9.89. The van der Waals surface area contributed by atoms with Crippen LogP contribution in [-0.2, 0) is 28.2 Å². The largest absolute Gasteiger partial charge is 0.306 e. The summed E-state index contributed by atoms with van der Waals surface area (Å²) < 4.78 is -0.617. The molecule has 0 N–H and O–H groups in total. The van der Waals surface area contributed by atoms with Gasteiger partial charge in [-0.15, -0.1) is 11.3 Å². The van der Waals surface area contributed by atoms with E-state index in [0.29, 0.717) is 24.0 Å². The number of hydrogen-bond acceptors (Lipinski definition) is 6. The van der Waals surface area contributed by atoms with Gasteiger partial charge in [0.25, 0.3) is 5.91 Å². The number of para-hydroxylation sites is 1. The third-order valence-corrected chi connectivity index (χ3v) is 11.4. The van der Waals surface area contributed by atoms with Crippen LogP contribution >= 0.6 is 35.3 Å². The number of carbonyl (C=O) groups excluding carboxylic acids is 2. The standard InChI is InChI=1S/C32H27N3O2S3/c1-33-21-25(27-17-10-18-39-27)32(29(37)35(30(38)40-32)20-23-13-6-3-7-14-23)31(33)24-15-8-9-16-26(24)34(28(31)36)19-22-11-4-2-5-12-22/h2-18,25H,19-21H2,1H3. The van der Waals surface area contributed by atoms with Gasteiger partial charge in [-0.25, -0.2) is 0 Å². The van der Waals surface area contributed by atoms with E-state index in [-0.39, 0.29) is 17.7 Å². The average Bonchev–Trinajstić information content (AvgIpc) is 3.71. The van der Waals surface area contributed by atoms with Crippen molar-refractivity contribution in [1.29, 1.82) is 0 Å².